The molecule has 0 aliphatic carbocycles. The van der Waals surface area contributed by atoms with E-state index in [1.165, 1.54) is 14.2 Å². The van der Waals surface area contributed by atoms with Crippen molar-refractivity contribution < 1.29 is 24.2 Å². The third-order valence-electron chi connectivity index (χ3n) is 6.43. The Morgan fingerprint density at radius 3 is 2.40 bits per heavy atom. The van der Waals surface area contributed by atoms with E-state index in [2.05, 4.69) is 4.98 Å². The minimum Gasteiger partial charge on any atom is -0.481 e. The first-order chi connectivity index (χ1) is 14.4. The molecular formula is C22H33N3O5. The number of pyridine rings is 1. The van der Waals surface area contributed by atoms with E-state index in [0.29, 0.717) is 30.5 Å². The first kappa shape index (κ1) is 22.3. The van der Waals surface area contributed by atoms with Crippen LogP contribution in [-0.4, -0.2) is 78.7 Å². The van der Waals surface area contributed by atoms with Gasteiger partial charge in [0.05, 0.1) is 14.2 Å². The Morgan fingerprint density at radius 2 is 1.83 bits per heavy atom. The molecule has 0 saturated carbocycles. The normalized spacial score (nSPS) is 22.5. The lowest BCUT2D eigenvalue weighted by atomic mass is 9.78. The quantitative estimate of drug-likeness (QED) is 0.754. The fourth-order valence-corrected chi connectivity index (χ4v) is 4.73. The highest BCUT2D eigenvalue weighted by molar-refractivity contribution is 5.96. The van der Waals surface area contributed by atoms with Gasteiger partial charge < -0.3 is 24.4 Å². The fourth-order valence-electron chi connectivity index (χ4n) is 4.73. The van der Waals surface area contributed by atoms with Crippen LogP contribution >= 0.6 is 0 Å². The molecule has 1 aromatic rings. The summed E-state index contributed by atoms with van der Waals surface area (Å²) in [5, 5.41) is 9.96. The van der Waals surface area contributed by atoms with E-state index in [9.17, 15) is 14.7 Å². The molecule has 0 aromatic carbocycles. The molecule has 2 aliphatic heterocycles. The Labute approximate surface area is 178 Å². The van der Waals surface area contributed by atoms with Crippen molar-refractivity contribution in [1.82, 2.24) is 14.8 Å². The third kappa shape index (κ3) is 4.53. The maximum absolute atomic E-state index is 13.2. The number of carbonyl (C=O) groups is 2. The monoisotopic (exact) mass is 419 g/mol. The van der Waals surface area contributed by atoms with Gasteiger partial charge in [-0.15, -0.1) is 0 Å². The number of ether oxygens (including phenoxy) is 2. The van der Waals surface area contributed by atoms with Gasteiger partial charge in [-0.1, -0.05) is 13.8 Å². The Morgan fingerprint density at radius 1 is 1.13 bits per heavy atom. The second-order valence-electron chi connectivity index (χ2n) is 8.54. The number of aliphatic hydroxyl groups excluding tert-OH is 1. The number of rotatable bonds is 6. The summed E-state index contributed by atoms with van der Waals surface area (Å²) in [6.45, 7) is 6.53. The van der Waals surface area contributed by atoms with Crippen molar-refractivity contribution in [3.8, 4) is 11.8 Å². The minimum absolute atomic E-state index is 0.0134. The van der Waals surface area contributed by atoms with Crippen molar-refractivity contribution >= 4 is 11.8 Å². The Hall–Kier alpha value is -2.35. The molecule has 3 rings (SSSR count). The number of hydrogen-bond acceptors (Lipinski definition) is 6. The third-order valence-corrected chi connectivity index (χ3v) is 6.43. The first-order valence-corrected chi connectivity index (χ1v) is 10.7. The number of nitrogens with zero attached hydrogens (tertiary/aromatic N) is 3. The fraction of sp³-hybridized carbons (Fsp3) is 0.682. The van der Waals surface area contributed by atoms with Crippen molar-refractivity contribution in [2.24, 2.45) is 23.7 Å². The van der Waals surface area contributed by atoms with Gasteiger partial charge in [0.1, 0.15) is 5.56 Å². The molecule has 2 aliphatic rings. The van der Waals surface area contributed by atoms with Crippen LogP contribution in [0.3, 0.4) is 0 Å². The number of methoxy groups -OCH3 is 2. The highest BCUT2D eigenvalue weighted by Crippen LogP contribution is 2.37. The highest BCUT2D eigenvalue weighted by Gasteiger charge is 2.41. The van der Waals surface area contributed by atoms with Gasteiger partial charge in [0.15, 0.2) is 0 Å². The van der Waals surface area contributed by atoms with Gasteiger partial charge in [-0.05, 0) is 30.7 Å². The van der Waals surface area contributed by atoms with Crippen LogP contribution < -0.4 is 9.47 Å². The molecule has 8 nitrogen and oxygen atoms in total. The zero-order valence-corrected chi connectivity index (χ0v) is 18.3. The lowest BCUT2D eigenvalue weighted by molar-refractivity contribution is -0.136. The Kier molecular flexibility index (Phi) is 7.18. The molecule has 8 heteroatoms. The molecule has 2 amide bonds. The molecule has 1 aromatic heterocycles. The molecular weight excluding hydrogens is 386 g/mol. The van der Waals surface area contributed by atoms with E-state index in [-0.39, 0.29) is 42.1 Å². The summed E-state index contributed by atoms with van der Waals surface area (Å²) in [6, 6.07) is 3.32. The lowest BCUT2D eigenvalue weighted by Crippen LogP contribution is -2.43. The zero-order chi connectivity index (χ0) is 21.8. The summed E-state index contributed by atoms with van der Waals surface area (Å²) >= 11 is 0. The van der Waals surface area contributed by atoms with Crippen LogP contribution in [0.1, 0.15) is 37.0 Å². The lowest BCUT2D eigenvalue weighted by Gasteiger charge is -2.37. The summed E-state index contributed by atoms with van der Waals surface area (Å²) in [5.74, 6) is 1.37. The molecule has 30 heavy (non-hydrogen) atoms. The molecule has 0 spiro atoms. The number of aromatic nitrogens is 1. The smallest absolute Gasteiger partial charge is 0.259 e. The average molecular weight is 420 g/mol. The van der Waals surface area contributed by atoms with Gasteiger partial charge in [0.2, 0.25) is 17.7 Å². The number of piperidine rings is 1. The van der Waals surface area contributed by atoms with E-state index in [1.54, 1.807) is 17.0 Å². The molecule has 166 valence electrons. The molecule has 2 atom stereocenters. The van der Waals surface area contributed by atoms with Gasteiger partial charge >= 0.3 is 0 Å². The first-order valence-electron chi connectivity index (χ1n) is 10.7. The van der Waals surface area contributed by atoms with Gasteiger partial charge in [-0.3, -0.25) is 9.59 Å². The van der Waals surface area contributed by atoms with Crippen molar-refractivity contribution in [3.63, 3.8) is 0 Å². The maximum Gasteiger partial charge on any atom is 0.259 e. The van der Waals surface area contributed by atoms with Crippen molar-refractivity contribution in [2.75, 3.05) is 47.0 Å². The maximum atomic E-state index is 13.2. The van der Waals surface area contributed by atoms with Crippen LogP contribution in [0.2, 0.25) is 0 Å². The topological polar surface area (TPSA) is 92.2 Å². The minimum atomic E-state index is -0.143. The Balaban J connectivity index is 1.68. The zero-order valence-electron chi connectivity index (χ0n) is 18.3. The van der Waals surface area contributed by atoms with E-state index in [0.717, 1.165) is 25.9 Å². The van der Waals surface area contributed by atoms with Crippen LogP contribution in [0.5, 0.6) is 11.8 Å². The highest BCUT2D eigenvalue weighted by atomic mass is 16.5. The molecule has 0 unspecified atom stereocenters. The number of aliphatic hydroxyl groups is 1. The van der Waals surface area contributed by atoms with Crippen LogP contribution in [0.4, 0.5) is 0 Å². The van der Waals surface area contributed by atoms with Gasteiger partial charge in [-0.2, -0.15) is 4.98 Å². The second-order valence-corrected chi connectivity index (χ2v) is 8.54. The average Bonchev–Trinajstić information content (AvgIpc) is 3.22. The van der Waals surface area contributed by atoms with Gasteiger partial charge in [0, 0.05) is 50.7 Å². The summed E-state index contributed by atoms with van der Waals surface area (Å²) in [7, 11) is 2.99. The molecule has 2 saturated heterocycles. The molecule has 0 bridgehead atoms. The van der Waals surface area contributed by atoms with E-state index >= 15 is 0 Å². The summed E-state index contributed by atoms with van der Waals surface area (Å²) in [6.07, 6.45) is 1.82. The SMILES string of the molecule is COc1ccc(C(=O)N2C[C@@H](CO)[C@H](C3CCN(C(=O)C(C)C)CC3)C2)c(OC)n1. The van der Waals surface area contributed by atoms with Crippen molar-refractivity contribution in [1.29, 1.82) is 0 Å². The summed E-state index contributed by atoms with van der Waals surface area (Å²) < 4.78 is 10.4. The van der Waals surface area contributed by atoms with Gasteiger partial charge in [0.25, 0.3) is 5.91 Å². The molecule has 1 N–H and O–H groups in total. The van der Waals surface area contributed by atoms with Gasteiger partial charge in [-0.25, -0.2) is 0 Å². The van der Waals surface area contributed by atoms with Crippen molar-refractivity contribution in [2.45, 2.75) is 26.7 Å². The number of likely N-dealkylation sites (tertiary alicyclic amines) is 2. The van der Waals surface area contributed by atoms with E-state index < -0.39 is 0 Å². The Bertz CT molecular complexity index is 761. The number of carbonyl (C=O) groups excluding carboxylic acids is 2. The predicted octanol–water partition coefficient (Wildman–Crippen LogP) is 1.67. The largest absolute Gasteiger partial charge is 0.481 e. The van der Waals surface area contributed by atoms with Crippen LogP contribution in [-0.2, 0) is 4.79 Å². The van der Waals surface area contributed by atoms with Crippen LogP contribution in [0.25, 0.3) is 0 Å². The number of amides is 2. The van der Waals surface area contributed by atoms with Crippen LogP contribution in [0, 0.1) is 23.7 Å². The van der Waals surface area contributed by atoms with Crippen molar-refractivity contribution in [3.05, 3.63) is 17.7 Å². The predicted molar refractivity (Wildman–Crippen MR) is 111 cm³/mol. The number of hydrogen-bond donors (Lipinski definition) is 1. The second kappa shape index (κ2) is 9.64. The summed E-state index contributed by atoms with van der Waals surface area (Å²) in [5.41, 5.74) is 0.396. The van der Waals surface area contributed by atoms with Crippen LogP contribution in [0.15, 0.2) is 12.1 Å². The van der Waals surface area contributed by atoms with E-state index in [4.69, 9.17) is 9.47 Å². The standard InChI is InChI=1S/C22H33N3O5/c1-14(2)21(27)24-9-7-15(8-10-24)18-12-25(11-16(18)13-26)22(28)17-5-6-19(29-3)23-20(17)30-4/h5-6,14-16,18,26H,7-13H2,1-4H3/t16-,18-/m0/s1. The molecule has 2 fully saturated rings. The summed E-state index contributed by atoms with van der Waals surface area (Å²) in [4.78, 5) is 33.4. The molecule has 0 radical (unpaired) electrons. The molecule has 3 heterocycles. The van der Waals surface area contributed by atoms with E-state index in [1.807, 2.05) is 18.7 Å².